The molecule has 2 aromatic rings. The number of nitrogens with one attached hydrogen (secondary N) is 1. The minimum absolute atomic E-state index is 0.0152. The molecule has 1 aliphatic carbocycles. The lowest BCUT2D eigenvalue weighted by Gasteiger charge is -2.17. The molecule has 0 aromatic heterocycles. The molecule has 120 valence electrons. The van der Waals surface area contributed by atoms with Gasteiger partial charge < -0.3 is 15.2 Å². The molecule has 1 saturated carbocycles. The molecule has 2 aromatic carbocycles. The van der Waals surface area contributed by atoms with E-state index in [0.717, 1.165) is 24.1 Å². The van der Waals surface area contributed by atoms with Crippen LogP contribution in [0.2, 0.25) is 0 Å². The third-order valence-corrected chi connectivity index (χ3v) is 4.02. The van der Waals surface area contributed by atoms with Gasteiger partial charge in [0.25, 0.3) is 0 Å². The van der Waals surface area contributed by atoms with Crippen molar-refractivity contribution in [2.45, 2.75) is 18.8 Å². The van der Waals surface area contributed by atoms with E-state index in [2.05, 4.69) is 5.32 Å². The van der Waals surface area contributed by atoms with Crippen molar-refractivity contribution >= 4 is 11.6 Å². The first-order valence-electron chi connectivity index (χ1n) is 7.97. The van der Waals surface area contributed by atoms with Crippen LogP contribution in [0.15, 0.2) is 54.6 Å². The summed E-state index contributed by atoms with van der Waals surface area (Å²) in [5, 5.41) is 11.7. The van der Waals surface area contributed by atoms with E-state index in [-0.39, 0.29) is 25.0 Å². The van der Waals surface area contributed by atoms with E-state index in [0.29, 0.717) is 11.7 Å². The molecule has 0 radical (unpaired) electrons. The monoisotopic (exact) mass is 311 g/mol. The van der Waals surface area contributed by atoms with Crippen molar-refractivity contribution in [3.05, 3.63) is 60.2 Å². The first-order valence-corrected chi connectivity index (χ1v) is 7.97. The molecule has 2 N–H and O–H groups in total. The van der Waals surface area contributed by atoms with Crippen LogP contribution in [0.25, 0.3) is 0 Å². The van der Waals surface area contributed by atoms with E-state index in [4.69, 9.17) is 9.84 Å². The van der Waals surface area contributed by atoms with Crippen molar-refractivity contribution in [3.63, 3.8) is 0 Å². The highest BCUT2D eigenvalue weighted by atomic mass is 16.5. The van der Waals surface area contributed by atoms with Gasteiger partial charge in [-0.25, -0.2) is 0 Å². The maximum atomic E-state index is 12.7. The lowest BCUT2D eigenvalue weighted by Crippen LogP contribution is -2.22. The summed E-state index contributed by atoms with van der Waals surface area (Å²) < 4.78 is 5.32. The fourth-order valence-corrected chi connectivity index (χ4v) is 2.75. The summed E-state index contributed by atoms with van der Waals surface area (Å²) in [4.78, 5) is 12.7. The van der Waals surface area contributed by atoms with E-state index in [1.807, 2.05) is 42.5 Å². The molecule has 0 saturated heterocycles. The van der Waals surface area contributed by atoms with Crippen LogP contribution in [0.3, 0.4) is 0 Å². The standard InChI is InChI=1S/C19H21NO3/c21-12-13-23-17-10-8-16(9-11-17)20-19(22)18(15-6-7-15)14-4-2-1-3-5-14/h1-5,8-11,15,18,21H,6-7,12-13H2,(H,20,22). The van der Waals surface area contributed by atoms with Crippen molar-refractivity contribution in [2.75, 3.05) is 18.5 Å². The van der Waals surface area contributed by atoms with Gasteiger partial charge in [0.05, 0.1) is 12.5 Å². The average molecular weight is 311 g/mol. The van der Waals surface area contributed by atoms with Gasteiger partial charge >= 0.3 is 0 Å². The molecule has 1 atom stereocenters. The van der Waals surface area contributed by atoms with Crippen molar-refractivity contribution in [3.8, 4) is 5.75 Å². The summed E-state index contributed by atoms with van der Waals surface area (Å²) in [5.41, 5.74) is 1.84. The number of ether oxygens (including phenoxy) is 1. The van der Waals surface area contributed by atoms with Crippen molar-refractivity contribution in [1.82, 2.24) is 0 Å². The fraction of sp³-hybridized carbons (Fsp3) is 0.316. The summed E-state index contributed by atoms with van der Waals surface area (Å²) in [6, 6.07) is 17.2. The second kappa shape index (κ2) is 7.29. The lowest BCUT2D eigenvalue weighted by atomic mass is 9.93. The van der Waals surface area contributed by atoms with Gasteiger partial charge in [-0.3, -0.25) is 4.79 Å². The Bertz CT molecular complexity index is 635. The largest absolute Gasteiger partial charge is 0.491 e. The fourth-order valence-electron chi connectivity index (χ4n) is 2.75. The van der Waals surface area contributed by atoms with Crippen LogP contribution in [0.1, 0.15) is 24.3 Å². The van der Waals surface area contributed by atoms with Crippen LogP contribution in [0.4, 0.5) is 5.69 Å². The Morgan fingerprint density at radius 2 is 1.83 bits per heavy atom. The number of anilines is 1. The Kier molecular flexibility index (Phi) is 4.93. The molecule has 0 bridgehead atoms. The predicted molar refractivity (Wildman–Crippen MR) is 89.6 cm³/mol. The highest BCUT2D eigenvalue weighted by Gasteiger charge is 2.37. The van der Waals surface area contributed by atoms with Crippen LogP contribution < -0.4 is 10.1 Å². The molecule has 1 fully saturated rings. The van der Waals surface area contributed by atoms with E-state index < -0.39 is 0 Å². The maximum Gasteiger partial charge on any atom is 0.232 e. The van der Waals surface area contributed by atoms with Gasteiger partial charge in [0.1, 0.15) is 12.4 Å². The molecule has 0 aliphatic heterocycles. The Hall–Kier alpha value is -2.33. The average Bonchev–Trinajstić information content (AvgIpc) is 3.40. The number of carbonyl (C=O) groups excluding carboxylic acids is 1. The Labute approximate surface area is 136 Å². The Morgan fingerprint density at radius 1 is 1.13 bits per heavy atom. The van der Waals surface area contributed by atoms with Crippen molar-refractivity contribution in [2.24, 2.45) is 5.92 Å². The van der Waals surface area contributed by atoms with E-state index in [1.165, 1.54) is 0 Å². The molecular formula is C19H21NO3. The third kappa shape index (κ3) is 4.11. The summed E-state index contributed by atoms with van der Waals surface area (Å²) in [6.07, 6.45) is 2.22. The minimum Gasteiger partial charge on any atom is -0.491 e. The van der Waals surface area contributed by atoms with Crippen molar-refractivity contribution < 1.29 is 14.6 Å². The number of benzene rings is 2. The molecule has 23 heavy (non-hydrogen) atoms. The van der Waals surface area contributed by atoms with Crippen LogP contribution in [0.5, 0.6) is 5.75 Å². The quantitative estimate of drug-likeness (QED) is 0.825. The topological polar surface area (TPSA) is 58.6 Å². The van der Waals surface area contributed by atoms with Gasteiger partial charge in [-0.15, -0.1) is 0 Å². The first kappa shape index (κ1) is 15.6. The number of hydrogen-bond acceptors (Lipinski definition) is 3. The van der Waals surface area contributed by atoms with E-state index in [9.17, 15) is 4.79 Å². The number of rotatable bonds is 7. The Morgan fingerprint density at radius 3 is 2.43 bits per heavy atom. The lowest BCUT2D eigenvalue weighted by molar-refractivity contribution is -0.118. The summed E-state index contributed by atoms with van der Waals surface area (Å²) >= 11 is 0. The number of aliphatic hydroxyl groups excluding tert-OH is 1. The first-order chi connectivity index (χ1) is 11.3. The SMILES string of the molecule is O=C(Nc1ccc(OCCO)cc1)C(c1ccccc1)C1CC1. The zero-order valence-electron chi connectivity index (χ0n) is 12.9. The molecule has 1 aliphatic rings. The van der Waals surface area contributed by atoms with Gasteiger partial charge in [-0.2, -0.15) is 0 Å². The van der Waals surface area contributed by atoms with E-state index in [1.54, 1.807) is 12.1 Å². The number of hydrogen-bond donors (Lipinski definition) is 2. The maximum absolute atomic E-state index is 12.7. The molecule has 3 rings (SSSR count). The third-order valence-electron chi connectivity index (χ3n) is 4.02. The summed E-state index contributed by atoms with van der Waals surface area (Å²) in [5.74, 6) is 1.09. The van der Waals surface area contributed by atoms with Gasteiger partial charge in [0.15, 0.2) is 0 Å². The second-order valence-corrected chi connectivity index (χ2v) is 5.81. The normalized spacial score (nSPS) is 15.0. The van der Waals surface area contributed by atoms with E-state index >= 15 is 0 Å². The molecule has 4 heteroatoms. The summed E-state index contributed by atoms with van der Waals surface area (Å²) in [6.45, 7) is 0.252. The zero-order chi connectivity index (χ0) is 16.1. The highest BCUT2D eigenvalue weighted by Crippen LogP contribution is 2.43. The molecule has 0 spiro atoms. The number of aliphatic hydroxyl groups is 1. The number of amides is 1. The molecular weight excluding hydrogens is 290 g/mol. The zero-order valence-corrected chi connectivity index (χ0v) is 12.9. The van der Waals surface area contributed by atoms with Crippen LogP contribution in [0, 0.1) is 5.92 Å². The second-order valence-electron chi connectivity index (χ2n) is 5.81. The molecule has 4 nitrogen and oxygen atoms in total. The van der Waals surface area contributed by atoms with Gasteiger partial charge in [0, 0.05) is 5.69 Å². The Balaban J connectivity index is 1.67. The predicted octanol–water partition coefficient (Wildman–Crippen LogP) is 3.19. The van der Waals surface area contributed by atoms with Gasteiger partial charge in [0.2, 0.25) is 5.91 Å². The summed E-state index contributed by atoms with van der Waals surface area (Å²) in [7, 11) is 0. The minimum atomic E-state index is -0.0819. The van der Waals surface area contributed by atoms with Crippen LogP contribution in [-0.4, -0.2) is 24.2 Å². The highest BCUT2D eigenvalue weighted by molar-refractivity contribution is 5.96. The number of carbonyl (C=O) groups is 1. The molecule has 1 unspecified atom stereocenters. The van der Waals surface area contributed by atoms with Gasteiger partial charge in [-0.05, 0) is 48.6 Å². The molecule has 1 amide bonds. The smallest absolute Gasteiger partial charge is 0.232 e. The van der Waals surface area contributed by atoms with Crippen LogP contribution in [-0.2, 0) is 4.79 Å². The van der Waals surface area contributed by atoms with Crippen LogP contribution >= 0.6 is 0 Å². The van der Waals surface area contributed by atoms with Crippen molar-refractivity contribution in [1.29, 1.82) is 0 Å². The van der Waals surface area contributed by atoms with Gasteiger partial charge in [-0.1, -0.05) is 30.3 Å². The molecule has 0 heterocycles.